The van der Waals surface area contributed by atoms with Gasteiger partial charge in [-0.25, -0.2) is 4.79 Å². The summed E-state index contributed by atoms with van der Waals surface area (Å²) in [4.78, 5) is 17.8. The molecule has 1 aliphatic heterocycles. The fourth-order valence-corrected chi connectivity index (χ4v) is 3.46. The lowest BCUT2D eigenvalue weighted by Gasteiger charge is -2.32. The third-order valence-corrected chi connectivity index (χ3v) is 4.65. The van der Waals surface area contributed by atoms with Gasteiger partial charge in [0.1, 0.15) is 0 Å². The Morgan fingerprint density at radius 2 is 1.89 bits per heavy atom. The minimum Gasteiger partial charge on any atom is -0.450 e. The molecule has 0 radical (unpaired) electrons. The highest BCUT2D eigenvalue weighted by atomic mass is 127. The van der Waals surface area contributed by atoms with Crippen LogP contribution in [-0.2, 0) is 11.2 Å². The normalized spacial score (nSPS) is 15.1. The lowest BCUT2D eigenvalue weighted by molar-refractivity contribution is 0.0963. The Kier molecular flexibility index (Phi) is 11.2. The van der Waals surface area contributed by atoms with Gasteiger partial charge < -0.3 is 20.3 Å². The molecule has 1 aromatic carbocycles. The molecule has 0 aromatic heterocycles. The van der Waals surface area contributed by atoms with Gasteiger partial charge in [0.2, 0.25) is 0 Å². The number of benzene rings is 1. The van der Waals surface area contributed by atoms with Crippen LogP contribution in [0.1, 0.15) is 25.3 Å². The first-order valence-electron chi connectivity index (χ1n) is 8.85. The average molecular weight is 529 g/mol. The van der Waals surface area contributed by atoms with E-state index in [1.165, 1.54) is 0 Å². The Morgan fingerprint density at radius 3 is 2.44 bits per heavy atom. The van der Waals surface area contributed by atoms with Crippen molar-refractivity contribution in [1.29, 1.82) is 0 Å². The van der Waals surface area contributed by atoms with Crippen LogP contribution in [0.25, 0.3) is 0 Å². The van der Waals surface area contributed by atoms with Gasteiger partial charge >= 0.3 is 6.09 Å². The van der Waals surface area contributed by atoms with E-state index in [1.807, 2.05) is 19.1 Å². The SMILES string of the molecule is CCOC(=O)N1CCC(NC(=NC)NCCc2cc(Cl)cc(Cl)c2)CC1.I. The van der Waals surface area contributed by atoms with Gasteiger partial charge in [-0.1, -0.05) is 23.2 Å². The Balaban J connectivity index is 0.00000364. The lowest BCUT2D eigenvalue weighted by Crippen LogP contribution is -2.50. The second-order valence-electron chi connectivity index (χ2n) is 6.13. The molecule has 0 bridgehead atoms. The maximum Gasteiger partial charge on any atom is 0.409 e. The fraction of sp³-hybridized carbons (Fsp3) is 0.556. The smallest absolute Gasteiger partial charge is 0.409 e. The largest absolute Gasteiger partial charge is 0.450 e. The maximum absolute atomic E-state index is 11.7. The number of rotatable bonds is 5. The molecule has 9 heteroatoms. The zero-order valence-electron chi connectivity index (χ0n) is 15.6. The summed E-state index contributed by atoms with van der Waals surface area (Å²) >= 11 is 12.0. The van der Waals surface area contributed by atoms with Crippen molar-refractivity contribution in [1.82, 2.24) is 15.5 Å². The highest BCUT2D eigenvalue weighted by Gasteiger charge is 2.23. The molecule has 0 unspecified atom stereocenters. The van der Waals surface area contributed by atoms with Crippen molar-refractivity contribution in [3.8, 4) is 0 Å². The first-order chi connectivity index (χ1) is 12.5. The predicted octanol–water partition coefficient (Wildman–Crippen LogP) is 3.94. The summed E-state index contributed by atoms with van der Waals surface area (Å²) in [7, 11) is 1.75. The van der Waals surface area contributed by atoms with Crippen LogP contribution >= 0.6 is 47.2 Å². The van der Waals surface area contributed by atoms with Crippen molar-refractivity contribution in [2.45, 2.75) is 32.2 Å². The number of hydrogen-bond acceptors (Lipinski definition) is 3. The van der Waals surface area contributed by atoms with E-state index in [2.05, 4.69) is 15.6 Å². The Morgan fingerprint density at radius 1 is 1.26 bits per heavy atom. The van der Waals surface area contributed by atoms with Gasteiger partial charge in [0.05, 0.1) is 6.61 Å². The van der Waals surface area contributed by atoms with Crippen LogP contribution in [0, 0.1) is 0 Å². The molecule has 1 aromatic rings. The summed E-state index contributed by atoms with van der Waals surface area (Å²) in [6, 6.07) is 5.84. The summed E-state index contributed by atoms with van der Waals surface area (Å²) in [5.41, 5.74) is 1.08. The highest BCUT2D eigenvalue weighted by Crippen LogP contribution is 2.19. The third kappa shape index (κ3) is 8.31. The first kappa shape index (κ1) is 24.1. The van der Waals surface area contributed by atoms with Crippen LogP contribution in [0.5, 0.6) is 0 Å². The zero-order chi connectivity index (χ0) is 18.9. The van der Waals surface area contributed by atoms with Gasteiger partial charge in [0.15, 0.2) is 5.96 Å². The number of aliphatic imine (C=N–C) groups is 1. The molecule has 6 nitrogen and oxygen atoms in total. The summed E-state index contributed by atoms with van der Waals surface area (Å²) in [6.45, 7) is 4.33. The van der Waals surface area contributed by atoms with Gasteiger partial charge in [-0.05, 0) is 49.9 Å². The number of nitrogens with zero attached hydrogens (tertiary/aromatic N) is 2. The average Bonchev–Trinajstić information content (AvgIpc) is 2.61. The molecule has 1 fully saturated rings. The van der Waals surface area contributed by atoms with Crippen LogP contribution in [0.15, 0.2) is 23.2 Å². The Labute approximate surface area is 188 Å². The standard InChI is InChI=1S/C18H26Cl2N4O2.HI/c1-3-26-18(25)24-8-5-16(6-9-24)23-17(21-2)22-7-4-13-10-14(19)12-15(20)11-13;/h10-12,16H,3-9H2,1-2H3,(H2,21,22,23);1H. The van der Waals surface area contributed by atoms with E-state index in [0.29, 0.717) is 29.7 Å². The molecule has 0 atom stereocenters. The molecule has 2 N–H and O–H groups in total. The monoisotopic (exact) mass is 528 g/mol. The van der Waals surface area contributed by atoms with Crippen LogP contribution in [-0.4, -0.2) is 56.3 Å². The number of ether oxygens (including phenoxy) is 1. The van der Waals surface area contributed by atoms with E-state index in [1.54, 1.807) is 18.0 Å². The third-order valence-electron chi connectivity index (χ3n) is 4.21. The minimum absolute atomic E-state index is 0. The number of carbonyl (C=O) groups is 1. The molecule has 0 saturated carbocycles. The summed E-state index contributed by atoms with van der Waals surface area (Å²) < 4.78 is 5.04. The van der Waals surface area contributed by atoms with Gasteiger partial charge in [0, 0.05) is 42.8 Å². The number of carbonyl (C=O) groups excluding carboxylic acids is 1. The number of guanidine groups is 1. The van der Waals surface area contributed by atoms with E-state index < -0.39 is 0 Å². The number of piperidine rings is 1. The van der Waals surface area contributed by atoms with Gasteiger partial charge in [-0.3, -0.25) is 4.99 Å². The molecule has 1 saturated heterocycles. The first-order valence-corrected chi connectivity index (χ1v) is 9.61. The van der Waals surface area contributed by atoms with Crippen LogP contribution in [0.4, 0.5) is 4.79 Å². The Bertz CT molecular complexity index is 618. The molecule has 152 valence electrons. The van der Waals surface area contributed by atoms with E-state index in [0.717, 1.165) is 37.3 Å². The molecule has 0 spiro atoms. The summed E-state index contributed by atoms with van der Waals surface area (Å²) in [5.74, 6) is 0.757. The van der Waals surface area contributed by atoms with Crippen LogP contribution in [0.2, 0.25) is 10.0 Å². The van der Waals surface area contributed by atoms with Crippen LogP contribution < -0.4 is 10.6 Å². The fourth-order valence-electron chi connectivity index (χ4n) is 2.89. The van der Waals surface area contributed by atoms with Gasteiger partial charge in [0.25, 0.3) is 0 Å². The molecule has 0 aliphatic carbocycles. The topological polar surface area (TPSA) is 66.0 Å². The van der Waals surface area contributed by atoms with Crippen molar-refractivity contribution in [2.24, 2.45) is 4.99 Å². The quantitative estimate of drug-likeness (QED) is 0.345. The van der Waals surface area contributed by atoms with E-state index in [4.69, 9.17) is 27.9 Å². The number of nitrogens with one attached hydrogen (secondary N) is 2. The Hall–Kier alpha value is -0.930. The number of halogens is 3. The molecule has 27 heavy (non-hydrogen) atoms. The molecule has 1 amide bonds. The number of hydrogen-bond donors (Lipinski definition) is 2. The second-order valence-corrected chi connectivity index (χ2v) is 7.00. The van der Waals surface area contributed by atoms with Crippen molar-refractivity contribution in [2.75, 3.05) is 33.3 Å². The maximum atomic E-state index is 11.7. The minimum atomic E-state index is -0.228. The van der Waals surface area contributed by atoms with E-state index >= 15 is 0 Å². The van der Waals surface area contributed by atoms with Crippen molar-refractivity contribution >= 4 is 59.2 Å². The van der Waals surface area contributed by atoms with Gasteiger partial charge in [-0.2, -0.15) is 0 Å². The van der Waals surface area contributed by atoms with Crippen molar-refractivity contribution < 1.29 is 9.53 Å². The van der Waals surface area contributed by atoms with Gasteiger partial charge in [-0.15, -0.1) is 24.0 Å². The van der Waals surface area contributed by atoms with E-state index in [9.17, 15) is 4.79 Å². The predicted molar refractivity (Wildman–Crippen MR) is 122 cm³/mol. The van der Waals surface area contributed by atoms with E-state index in [-0.39, 0.29) is 36.1 Å². The number of likely N-dealkylation sites (tertiary alicyclic amines) is 1. The van der Waals surface area contributed by atoms with Crippen molar-refractivity contribution in [3.63, 3.8) is 0 Å². The summed E-state index contributed by atoms with van der Waals surface area (Å²) in [5, 5.41) is 8.00. The molecule has 1 heterocycles. The zero-order valence-corrected chi connectivity index (χ0v) is 19.5. The number of amides is 1. The van der Waals surface area contributed by atoms with Crippen molar-refractivity contribution in [3.05, 3.63) is 33.8 Å². The molecular weight excluding hydrogens is 502 g/mol. The van der Waals surface area contributed by atoms with Crippen LogP contribution in [0.3, 0.4) is 0 Å². The molecular formula is C18H27Cl2IN4O2. The summed E-state index contributed by atoms with van der Waals surface area (Å²) in [6.07, 6.45) is 2.29. The second kappa shape index (κ2) is 12.5. The molecule has 1 aliphatic rings. The lowest BCUT2D eigenvalue weighted by atomic mass is 10.1. The molecule has 2 rings (SSSR count). The highest BCUT2D eigenvalue weighted by molar-refractivity contribution is 14.0.